The quantitative estimate of drug-likeness (QED) is 0.831. The predicted octanol–water partition coefficient (Wildman–Crippen LogP) is 0.557. The summed E-state index contributed by atoms with van der Waals surface area (Å²) in [4.78, 5) is 3.71. The molecule has 18 heavy (non-hydrogen) atoms. The molecule has 1 atom stereocenters. The standard InChI is InChI=1S/C11H19N3O2S2/c1-18(15,16)13-8-10-3-6-14(9-10)7-4-11-2-5-12-17-11/h2,5,10,13H,3-4,6-9H2,1H3. The molecular formula is C11H19N3O2S2. The van der Waals surface area contributed by atoms with E-state index < -0.39 is 10.0 Å². The minimum absolute atomic E-state index is 0.446. The van der Waals surface area contributed by atoms with E-state index in [0.717, 1.165) is 32.5 Å². The summed E-state index contributed by atoms with van der Waals surface area (Å²) in [5.74, 6) is 0.446. The first-order valence-electron chi connectivity index (χ1n) is 6.09. The van der Waals surface area contributed by atoms with Gasteiger partial charge < -0.3 is 4.90 Å². The number of nitrogens with one attached hydrogen (secondary N) is 1. The molecule has 1 unspecified atom stereocenters. The fraction of sp³-hybridized carbons (Fsp3) is 0.727. The highest BCUT2D eigenvalue weighted by Gasteiger charge is 2.22. The van der Waals surface area contributed by atoms with E-state index in [0.29, 0.717) is 12.5 Å². The van der Waals surface area contributed by atoms with Crippen LogP contribution in [-0.4, -0.2) is 50.1 Å². The lowest BCUT2D eigenvalue weighted by Gasteiger charge is -2.15. The summed E-state index contributed by atoms with van der Waals surface area (Å²) >= 11 is 1.55. The predicted molar refractivity (Wildman–Crippen MR) is 73.2 cm³/mol. The van der Waals surface area contributed by atoms with Crippen molar-refractivity contribution in [2.45, 2.75) is 12.8 Å². The summed E-state index contributed by atoms with van der Waals surface area (Å²) in [6, 6.07) is 2.06. The Morgan fingerprint density at radius 2 is 2.44 bits per heavy atom. The third kappa shape index (κ3) is 4.64. The third-order valence-electron chi connectivity index (χ3n) is 3.17. The highest BCUT2D eigenvalue weighted by molar-refractivity contribution is 7.88. The van der Waals surface area contributed by atoms with E-state index in [1.165, 1.54) is 11.1 Å². The molecule has 1 aliphatic heterocycles. The van der Waals surface area contributed by atoms with Crippen LogP contribution >= 0.6 is 11.5 Å². The Morgan fingerprint density at radius 1 is 1.61 bits per heavy atom. The zero-order chi connectivity index (χ0) is 13.0. The Labute approximate surface area is 112 Å². The van der Waals surface area contributed by atoms with Crippen LogP contribution in [0.3, 0.4) is 0 Å². The minimum Gasteiger partial charge on any atom is -0.303 e. The van der Waals surface area contributed by atoms with Crippen LogP contribution in [0.2, 0.25) is 0 Å². The Balaban J connectivity index is 1.68. The number of rotatable bonds is 6. The third-order valence-corrected chi connectivity index (χ3v) is 4.66. The number of nitrogens with zero attached hydrogens (tertiary/aromatic N) is 2. The largest absolute Gasteiger partial charge is 0.303 e. The molecule has 1 fully saturated rings. The molecular weight excluding hydrogens is 270 g/mol. The van der Waals surface area contributed by atoms with Gasteiger partial charge in [-0.3, -0.25) is 0 Å². The van der Waals surface area contributed by atoms with E-state index in [9.17, 15) is 8.42 Å². The number of hydrogen-bond donors (Lipinski definition) is 1. The molecule has 0 aliphatic carbocycles. The van der Waals surface area contributed by atoms with Crippen LogP contribution in [0.4, 0.5) is 0 Å². The van der Waals surface area contributed by atoms with Crippen LogP contribution < -0.4 is 4.72 Å². The van der Waals surface area contributed by atoms with Crippen LogP contribution in [0.25, 0.3) is 0 Å². The average Bonchev–Trinajstić information content (AvgIpc) is 2.94. The van der Waals surface area contributed by atoms with Crippen LogP contribution in [0.1, 0.15) is 11.3 Å². The summed E-state index contributed by atoms with van der Waals surface area (Å²) in [6.07, 6.45) is 5.16. The van der Waals surface area contributed by atoms with Gasteiger partial charge in [-0.1, -0.05) is 0 Å². The maximum atomic E-state index is 11.0. The number of sulfonamides is 1. The molecule has 1 aromatic rings. The Morgan fingerprint density at radius 3 is 3.11 bits per heavy atom. The van der Waals surface area contributed by atoms with Crippen molar-refractivity contribution in [2.75, 3.05) is 32.4 Å². The monoisotopic (exact) mass is 289 g/mol. The lowest BCUT2D eigenvalue weighted by Crippen LogP contribution is -2.30. The summed E-state index contributed by atoms with van der Waals surface area (Å²) in [7, 11) is -3.05. The molecule has 0 saturated carbocycles. The van der Waals surface area contributed by atoms with Crippen molar-refractivity contribution in [1.29, 1.82) is 0 Å². The molecule has 7 heteroatoms. The molecule has 1 aromatic heterocycles. The van der Waals surface area contributed by atoms with E-state index in [4.69, 9.17) is 0 Å². The Kier molecular flexibility index (Phi) is 4.71. The van der Waals surface area contributed by atoms with Gasteiger partial charge in [0.15, 0.2) is 0 Å². The summed E-state index contributed by atoms with van der Waals surface area (Å²) in [5, 5.41) is 0. The van der Waals surface area contributed by atoms with Gasteiger partial charge in [-0.15, -0.1) is 0 Å². The molecule has 2 rings (SSSR count). The van der Waals surface area contributed by atoms with Gasteiger partial charge in [-0.25, -0.2) is 17.5 Å². The summed E-state index contributed by atoms with van der Waals surface area (Å²) in [6.45, 7) is 3.66. The van der Waals surface area contributed by atoms with Crippen LogP contribution in [-0.2, 0) is 16.4 Å². The van der Waals surface area contributed by atoms with Crippen molar-refractivity contribution in [1.82, 2.24) is 14.0 Å². The molecule has 1 aliphatic rings. The van der Waals surface area contributed by atoms with E-state index in [-0.39, 0.29) is 0 Å². The van der Waals surface area contributed by atoms with Crippen LogP contribution in [0.5, 0.6) is 0 Å². The van der Waals surface area contributed by atoms with Crippen LogP contribution in [0.15, 0.2) is 12.3 Å². The highest BCUT2D eigenvalue weighted by Crippen LogP contribution is 2.16. The second kappa shape index (κ2) is 6.10. The lowest BCUT2D eigenvalue weighted by atomic mass is 10.1. The summed E-state index contributed by atoms with van der Waals surface area (Å²) in [5.41, 5.74) is 0. The molecule has 0 spiro atoms. The molecule has 0 amide bonds. The smallest absolute Gasteiger partial charge is 0.208 e. The first-order valence-corrected chi connectivity index (χ1v) is 8.76. The van der Waals surface area contributed by atoms with Crippen molar-refractivity contribution < 1.29 is 8.42 Å². The second-order valence-electron chi connectivity index (χ2n) is 4.80. The van der Waals surface area contributed by atoms with E-state index in [1.54, 1.807) is 11.5 Å². The topological polar surface area (TPSA) is 62.3 Å². The SMILES string of the molecule is CS(=O)(=O)NCC1CCN(CCc2ccns2)C1. The first-order chi connectivity index (χ1) is 8.53. The van der Waals surface area contributed by atoms with Gasteiger partial charge in [0, 0.05) is 30.7 Å². The molecule has 0 bridgehead atoms. The molecule has 1 saturated heterocycles. The fourth-order valence-corrected chi connectivity index (χ4v) is 3.29. The normalized spacial score (nSPS) is 21.5. The Bertz CT molecular complexity index is 459. The number of aromatic nitrogens is 1. The van der Waals surface area contributed by atoms with Gasteiger partial charge in [-0.2, -0.15) is 0 Å². The van der Waals surface area contributed by atoms with E-state index in [1.807, 2.05) is 6.20 Å². The molecule has 102 valence electrons. The van der Waals surface area contributed by atoms with Crippen molar-refractivity contribution in [3.8, 4) is 0 Å². The fourth-order valence-electron chi connectivity index (χ4n) is 2.19. The molecule has 0 radical (unpaired) electrons. The van der Waals surface area contributed by atoms with Crippen molar-refractivity contribution >= 4 is 21.6 Å². The number of hydrogen-bond acceptors (Lipinski definition) is 5. The van der Waals surface area contributed by atoms with Gasteiger partial charge in [0.1, 0.15) is 0 Å². The van der Waals surface area contributed by atoms with Gasteiger partial charge >= 0.3 is 0 Å². The lowest BCUT2D eigenvalue weighted by molar-refractivity contribution is 0.329. The van der Waals surface area contributed by atoms with Crippen molar-refractivity contribution in [2.24, 2.45) is 5.92 Å². The second-order valence-corrected chi connectivity index (χ2v) is 7.56. The van der Waals surface area contributed by atoms with Gasteiger partial charge in [0.25, 0.3) is 0 Å². The zero-order valence-electron chi connectivity index (χ0n) is 10.5. The maximum absolute atomic E-state index is 11.0. The average molecular weight is 289 g/mol. The van der Waals surface area contributed by atoms with Gasteiger partial charge in [-0.05, 0) is 42.9 Å². The summed E-state index contributed by atoms with van der Waals surface area (Å²) < 4.78 is 28.7. The highest BCUT2D eigenvalue weighted by atomic mass is 32.2. The first kappa shape index (κ1) is 13.9. The maximum Gasteiger partial charge on any atom is 0.208 e. The molecule has 1 N–H and O–H groups in total. The van der Waals surface area contributed by atoms with E-state index >= 15 is 0 Å². The molecule has 2 heterocycles. The molecule has 0 aromatic carbocycles. The van der Waals surface area contributed by atoms with Crippen LogP contribution in [0, 0.1) is 5.92 Å². The zero-order valence-corrected chi connectivity index (χ0v) is 12.1. The van der Waals surface area contributed by atoms with E-state index in [2.05, 4.69) is 20.1 Å². The number of likely N-dealkylation sites (tertiary alicyclic amines) is 1. The van der Waals surface area contributed by atoms with Gasteiger partial charge in [0.2, 0.25) is 10.0 Å². The minimum atomic E-state index is -3.05. The van der Waals surface area contributed by atoms with Gasteiger partial charge in [0.05, 0.1) is 6.26 Å². The Hall–Kier alpha value is -0.500. The van der Waals surface area contributed by atoms with Crippen molar-refractivity contribution in [3.63, 3.8) is 0 Å². The molecule has 5 nitrogen and oxygen atoms in total. The van der Waals surface area contributed by atoms with Crippen molar-refractivity contribution in [3.05, 3.63) is 17.1 Å².